The minimum absolute atomic E-state index is 0.300. The van der Waals surface area contributed by atoms with Crippen LogP contribution in [0.3, 0.4) is 0 Å². The van der Waals surface area contributed by atoms with Crippen LogP contribution in [0.5, 0.6) is 5.75 Å². The SMILES string of the molecule is FC(F)(F)Oc1cccc(-c2nc3cc(Nc4nc(-c5cccnc5)cs4)ccc3[nH]2)c1. The molecule has 6 nitrogen and oxygen atoms in total. The molecule has 2 aromatic carbocycles. The molecule has 5 aromatic rings. The Morgan fingerprint density at radius 2 is 1.84 bits per heavy atom. The molecule has 160 valence electrons. The van der Waals surface area contributed by atoms with Crippen LogP contribution in [0, 0.1) is 0 Å². The standard InChI is InChI=1S/C22H14F3N5OS/c23-22(24,25)31-16-5-1-3-13(9-16)20-28-17-7-6-15(10-18(17)29-20)27-21-30-19(12-32-21)14-4-2-8-26-11-14/h1-12H,(H,27,30)(H,28,29). The minimum Gasteiger partial charge on any atom is -0.406 e. The van der Waals surface area contributed by atoms with Gasteiger partial charge in [0, 0.05) is 34.6 Å². The number of alkyl halides is 3. The summed E-state index contributed by atoms with van der Waals surface area (Å²) in [7, 11) is 0. The van der Waals surface area contributed by atoms with Crippen LogP contribution < -0.4 is 10.1 Å². The molecule has 0 unspecified atom stereocenters. The maximum atomic E-state index is 12.5. The number of pyridine rings is 1. The molecule has 0 radical (unpaired) electrons. The van der Waals surface area contributed by atoms with Gasteiger partial charge in [-0.3, -0.25) is 4.98 Å². The van der Waals surface area contributed by atoms with Gasteiger partial charge in [0.15, 0.2) is 5.13 Å². The normalized spacial score (nSPS) is 11.6. The summed E-state index contributed by atoms with van der Waals surface area (Å²) in [6.45, 7) is 0. The molecule has 0 saturated heterocycles. The van der Waals surface area contributed by atoms with Crippen LogP contribution in [-0.4, -0.2) is 26.3 Å². The first-order valence-electron chi connectivity index (χ1n) is 9.42. The number of rotatable bonds is 5. The van der Waals surface area contributed by atoms with Crippen LogP contribution >= 0.6 is 11.3 Å². The van der Waals surface area contributed by atoms with Gasteiger partial charge in [0.25, 0.3) is 0 Å². The highest BCUT2D eigenvalue weighted by atomic mass is 32.1. The van der Waals surface area contributed by atoms with Crippen molar-refractivity contribution >= 4 is 33.2 Å². The lowest BCUT2D eigenvalue weighted by Gasteiger charge is -2.09. The summed E-state index contributed by atoms with van der Waals surface area (Å²) >= 11 is 1.47. The third-order valence-electron chi connectivity index (χ3n) is 4.54. The lowest BCUT2D eigenvalue weighted by molar-refractivity contribution is -0.274. The number of H-pyrrole nitrogens is 1. The van der Waals surface area contributed by atoms with E-state index in [0.29, 0.717) is 16.9 Å². The van der Waals surface area contributed by atoms with Gasteiger partial charge in [0.05, 0.1) is 16.7 Å². The monoisotopic (exact) mass is 453 g/mol. The van der Waals surface area contributed by atoms with Crippen LogP contribution in [0.15, 0.2) is 72.4 Å². The Bertz CT molecular complexity index is 1380. The van der Waals surface area contributed by atoms with Gasteiger partial charge in [-0.1, -0.05) is 12.1 Å². The van der Waals surface area contributed by atoms with Crippen LogP contribution in [0.4, 0.5) is 24.0 Å². The smallest absolute Gasteiger partial charge is 0.406 e. The highest BCUT2D eigenvalue weighted by Gasteiger charge is 2.31. The Morgan fingerprint density at radius 1 is 0.969 bits per heavy atom. The zero-order valence-corrected chi connectivity index (χ0v) is 17.0. The molecule has 0 spiro atoms. The van der Waals surface area contributed by atoms with Crippen molar-refractivity contribution in [3.63, 3.8) is 0 Å². The number of nitrogens with zero attached hydrogens (tertiary/aromatic N) is 3. The molecule has 0 aliphatic heterocycles. The minimum atomic E-state index is -4.75. The van der Waals surface area contributed by atoms with Gasteiger partial charge < -0.3 is 15.0 Å². The Kier molecular flexibility index (Phi) is 4.98. The van der Waals surface area contributed by atoms with Gasteiger partial charge in [0.1, 0.15) is 11.6 Å². The van der Waals surface area contributed by atoms with Crippen molar-refractivity contribution in [2.45, 2.75) is 6.36 Å². The van der Waals surface area contributed by atoms with Gasteiger partial charge in [-0.2, -0.15) is 0 Å². The number of fused-ring (bicyclic) bond motifs is 1. The van der Waals surface area contributed by atoms with Crippen molar-refractivity contribution < 1.29 is 17.9 Å². The molecule has 3 aromatic heterocycles. The van der Waals surface area contributed by atoms with Crippen molar-refractivity contribution in [2.24, 2.45) is 0 Å². The summed E-state index contributed by atoms with van der Waals surface area (Å²) in [4.78, 5) is 16.3. The number of hydrogen-bond acceptors (Lipinski definition) is 6. The third-order valence-corrected chi connectivity index (χ3v) is 5.29. The Labute approximate surface area is 183 Å². The maximum absolute atomic E-state index is 12.5. The first kappa shape index (κ1) is 20.0. The molecule has 5 rings (SSSR count). The first-order valence-corrected chi connectivity index (χ1v) is 10.3. The molecule has 0 aliphatic rings. The molecule has 32 heavy (non-hydrogen) atoms. The fourth-order valence-corrected chi connectivity index (χ4v) is 3.90. The summed E-state index contributed by atoms with van der Waals surface area (Å²) in [6, 6.07) is 15.0. The number of ether oxygens (including phenoxy) is 1. The largest absolute Gasteiger partial charge is 0.573 e. The number of halogens is 3. The molecular weight excluding hydrogens is 439 g/mol. The molecule has 10 heteroatoms. The van der Waals surface area contributed by atoms with Gasteiger partial charge in [-0.15, -0.1) is 24.5 Å². The fourth-order valence-electron chi connectivity index (χ4n) is 3.16. The topological polar surface area (TPSA) is 75.7 Å². The summed E-state index contributed by atoms with van der Waals surface area (Å²) in [5.41, 5.74) is 4.45. The molecule has 0 aliphatic carbocycles. The number of imidazole rings is 1. The molecule has 0 saturated carbocycles. The maximum Gasteiger partial charge on any atom is 0.573 e. The van der Waals surface area contributed by atoms with Crippen molar-refractivity contribution in [1.29, 1.82) is 0 Å². The molecule has 3 heterocycles. The molecule has 0 bridgehead atoms. The van der Waals surface area contributed by atoms with E-state index in [2.05, 4.69) is 30.0 Å². The lowest BCUT2D eigenvalue weighted by Crippen LogP contribution is -2.17. The van der Waals surface area contributed by atoms with Gasteiger partial charge >= 0.3 is 6.36 Å². The zero-order chi connectivity index (χ0) is 22.1. The highest BCUT2D eigenvalue weighted by molar-refractivity contribution is 7.14. The third kappa shape index (κ3) is 4.40. The number of anilines is 2. The van der Waals surface area contributed by atoms with Gasteiger partial charge in [-0.25, -0.2) is 9.97 Å². The van der Waals surface area contributed by atoms with Crippen molar-refractivity contribution in [3.8, 4) is 28.4 Å². The van der Waals surface area contributed by atoms with E-state index < -0.39 is 6.36 Å². The van der Waals surface area contributed by atoms with Crippen molar-refractivity contribution in [3.05, 3.63) is 72.4 Å². The second-order valence-corrected chi connectivity index (χ2v) is 7.66. The van der Waals surface area contributed by atoms with Crippen LogP contribution in [0.25, 0.3) is 33.7 Å². The average molecular weight is 453 g/mol. The van der Waals surface area contributed by atoms with Gasteiger partial charge in [0.2, 0.25) is 0 Å². The van der Waals surface area contributed by atoms with Crippen LogP contribution in [0.1, 0.15) is 0 Å². The molecular formula is C22H14F3N5OS. The summed E-state index contributed by atoms with van der Waals surface area (Å²) in [5, 5.41) is 5.92. The van der Waals surface area contributed by atoms with E-state index in [0.717, 1.165) is 27.6 Å². The Hall–Kier alpha value is -3.92. The van der Waals surface area contributed by atoms with E-state index >= 15 is 0 Å². The van der Waals surface area contributed by atoms with Crippen LogP contribution in [0.2, 0.25) is 0 Å². The molecule has 0 atom stereocenters. The molecule has 0 fully saturated rings. The fraction of sp³-hybridized carbons (Fsp3) is 0.0455. The van der Waals surface area contributed by atoms with E-state index in [1.165, 1.54) is 29.5 Å². The van der Waals surface area contributed by atoms with Crippen LogP contribution in [-0.2, 0) is 0 Å². The first-order chi connectivity index (χ1) is 15.4. The van der Waals surface area contributed by atoms with E-state index in [4.69, 9.17) is 0 Å². The van der Waals surface area contributed by atoms with E-state index in [1.807, 2.05) is 35.7 Å². The summed E-state index contributed by atoms with van der Waals surface area (Å²) in [5.74, 6) is 0.142. The predicted molar refractivity (Wildman–Crippen MR) is 117 cm³/mol. The van der Waals surface area contributed by atoms with Crippen molar-refractivity contribution in [2.75, 3.05) is 5.32 Å². The summed E-state index contributed by atoms with van der Waals surface area (Å²) in [6.07, 6.45) is -1.29. The number of aromatic nitrogens is 4. The number of aromatic amines is 1. The molecule has 2 N–H and O–H groups in total. The number of hydrogen-bond donors (Lipinski definition) is 2. The highest BCUT2D eigenvalue weighted by Crippen LogP contribution is 2.30. The number of benzene rings is 2. The zero-order valence-electron chi connectivity index (χ0n) is 16.2. The number of thiazole rings is 1. The Morgan fingerprint density at radius 3 is 2.66 bits per heavy atom. The predicted octanol–water partition coefficient (Wildman–Crippen LogP) is 6.39. The number of nitrogens with one attached hydrogen (secondary N) is 2. The van der Waals surface area contributed by atoms with E-state index in [1.54, 1.807) is 18.5 Å². The van der Waals surface area contributed by atoms with E-state index in [9.17, 15) is 13.2 Å². The second-order valence-electron chi connectivity index (χ2n) is 6.80. The van der Waals surface area contributed by atoms with Gasteiger partial charge in [-0.05, 0) is 42.5 Å². The second kappa shape index (κ2) is 7.97. The van der Waals surface area contributed by atoms with Crippen molar-refractivity contribution in [1.82, 2.24) is 19.9 Å². The van der Waals surface area contributed by atoms with E-state index in [-0.39, 0.29) is 5.75 Å². The lowest BCUT2D eigenvalue weighted by atomic mass is 10.2. The quantitative estimate of drug-likeness (QED) is 0.322. The Balaban J connectivity index is 1.38. The summed E-state index contributed by atoms with van der Waals surface area (Å²) < 4.78 is 41.5. The average Bonchev–Trinajstić information content (AvgIpc) is 3.40. The molecule has 0 amide bonds.